The van der Waals surface area contributed by atoms with Gasteiger partial charge >= 0.3 is 0 Å². The Bertz CT molecular complexity index is 235. The zero-order valence-corrected chi connectivity index (χ0v) is 12.9. The number of nitrogens with zero attached hydrogens (tertiary/aromatic N) is 1. The molecule has 108 valence electrons. The summed E-state index contributed by atoms with van der Waals surface area (Å²) < 4.78 is 5.81. The highest BCUT2D eigenvalue weighted by molar-refractivity contribution is 4.93. The highest BCUT2D eigenvalue weighted by Crippen LogP contribution is 2.30. The fourth-order valence-corrected chi connectivity index (χ4v) is 3.27. The van der Waals surface area contributed by atoms with E-state index in [4.69, 9.17) is 10.5 Å². The summed E-state index contributed by atoms with van der Waals surface area (Å²) in [6.45, 7) is 14.2. The summed E-state index contributed by atoms with van der Waals surface area (Å²) in [5.41, 5.74) is 6.60. The molecule has 0 aliphatic carbocycles. The molecule has 1 heterocycles. The first-order chi connectivity index (χ1) is 8.40. The minimum Gasteiger partial charge on any atom is -0.377 e. The van der Waals surface area contributed by atoms with E-state index < -0.39 is 0 Å². The third kappa shape index (κ3) is 4.22. The molecule has 18 heavy (non-hydrogen) atoms. The second kappa shape index (κ2) is 6.88. The quantitative estimate of drug-likeness (QED) is 0.822. The molecule has 1 fully saturated rings. The maximum Gasteiger partial charge on any atom is 0.0702 e. The van der Waals surface area contributed by atoms with Crippen molar-refractivity contribution in [1.82, 2.24) is 4.90 Å². The van der Waals surface area contributed by atoms with E-state index in [1.54, 1.807) is 0 Å². The molecule has 1 rings (SSSR count). The van der Waals surface area contributed by atoms with Gasteiger partial charge in [0.2, 0.25) is 0 Å². The molecule has 3 atom stereocenters. The molecule has 1 aliphatic heterocycles. The number of ether oxygens (including phenoxy) is 1. The van der Waals surface area contributed by atoms with Crippen LogP contribution in [-0.2, 0) is 4.74 Å². The average molecular weight is 256 g/mol. The van der Waals surface area contributed by atoms with E-state index in [2.05, 4.69) is 39.5 Å². The maximum atomic E-state index is 6.37. The Labute approximate surface area is 113 Å². The van der Waals surface area contributed by atoms with Gasteiger partial charge in [0.1, 0.15) is 0 Å². The van der Waals surface area contributed by atoms with Crippen molar-refractivity contribution >= 4 is 0 Å². The Balaban J connectivity index is 2.73. The van der Waals surface area contributed by atoms with Gasteiger partial charge in [-0.25, -0.2) is 0 Å². The summed E-state index contributed by atoms with van der Waals surface area (Å²) in [5, 5.41) is 0. The van der Waals surface area contributed by atoms with Crippen molar-refractivity contribution in [3.8, 4) is 0 Å². The Kier molecular flexibility index (Phi) is 6.09. The largest absolute Gasteiger partial charge is 0.377 e. The lowest BCUT2D eigenvalue weighted by atomic mass is 9.79. The topological polar surface area (TPSA) is 38.5 Å². The van der Waals surface area contributed by atoms with Crippen LogP contribution in [0.25, 0.3) is 0 Å². The van der Waals surface area contributed by atoms with Crippen LogP contribution in [0.4, 0.5) is 0 Å². The molecule has 3 nitrogen and oxygen atoms in total. The molecule has 2 N–H and O–H groups in total. The fourth-order valence-electron chi connectivity index (χ4n) is 3.27. The summed E-state index contributed by atoms with van der Waals surface area (Å²) >= 11 is 0. The minimum absolute atomic E-state index is 0.226. The number of piperidine rings is 1. The number of likely N-dealkylation sites (tertiary alicyclic amines) is 1. The molecule has 0 spiro atoms. The van der Waals surface area contributed by atoms with Crippen molar-refractivity contribution in [1.29, 1.82) is 0 Å². The average Bonchev–Trinajstić information content (AvgIpc) is 2.28. The van der Waals surface area contributed by atoms with E-state index in [-0.39, 0.29) is 11.5 Å². The van der Waals surface area contributed by atoms with E-state index in [9.17, 15) is 0 Å². The van der Waals surface area contributed by atoms with Crippen molar-refractivity contribution in [2.75, 3.05) is 19.7 Å². The van der Waals surface area contributed by atoms with Crippen molar-refractivity contribution in [3.05, 3.63) is 0 Å². The Morgan fingerprint density at radius 1 is 1.33 bits per heavy atom. The minimum atomic E-state index is 0.226. The molecule has 1 saturated heterocycles. The van der Waals surface area contributed by atoms with Crippen LogP contribution in [0, 0.1) is 5.41 Å². The first kappa shape index (κ1) is 15.9. The predicted molar refractivity (Wildman–Crippen MR) is 77.7 cm³/mol. The molecule has 0 radical (unpaired) electrons. The van der Waals surface area contributed by atoms with Gasteiger partial charge in [0.05, 0.1) is 6.10 Å². The SMILES string of the molecule is CCOC1CCCN(C(C(N)CC)C(C)(C)C)C1. The summed E-state index contributed by atoms with van der Waals surface area (Å²) in [7, 11) is 0. The lowest BCUT2D eigenvalue weighted by molar-refractivity contribution is -0.0313. The fraction of sp³-hybridized carbons (Fsp3) is 1.00. The Morgan fingerprint density at radius 3 is 2.50 bits per heavy atom. The molecule has 0 saturated carbocycles. The van der Waals surface area contributed by atoms with Crippen molar-refractivity contribution < 1.29 is 4.74 Å². The van der Waals surface area contributed by atoms with Crippen LogP contribution in [0.2, 0.25) is 0 Å². The highest BCUT2D eigenvalue weighted by Gasteiger charge is 2.36. The van der Waals surface area contributed by atoms with Crippen molar-refractivity contribution in [2.24, 2.45) is 11.1 Å². The van der Waals surface area contributed by atoms with Crippen LogP contribution in [0.1, 0.15) is 53.9 Å². The summed E-state index contributed by atoms with van der Waals surface area (Å²) in [6.07, 6.45) is 3.87. The Hall–Kier alpha value is -0.120. The summed E-state index contributed by atoms with van der Waals surface area (Å²) in [5.74, 6) is 0. The van der Waals surface area contributed by atoms with Gasteiger partial charge in [0.25, 0.3) is 0 Å². The second-order valence-corrected chi connectivity index (χ2v) is 6.60. The van der Waals surface area contributed by atoms with E-state index in [0.717, 1.165) is 19.6 Å². The molecular weight excluding hydrogens is 224 g/mol. The number of nitrogens with two attached hydrogens (primary N) is 1. The van der Waals surface area contributed by atoms with Crippen LogP contribution in [0.15, 0.2) is 0 Å². The van der Waals surface area contributed by atoms with Crippen LogP contribution in [0.3, 0.4) is 0 Å². The monoisotopic (exact) mass is 256 g/mol. The predicted octanol–water partition coefficient (Wildman–Crippen LogP) is 2.64. The standard InChI is InChI=1S/C15H32N2O/c1-6-13(16)14(15(3,4)5)17-10-8-9-12(11-17)18-7-2/h12-14H,6-11,16H2,1-5H3. The summed E-state index contributed by atoms with van der Waals surface area (Å²) in [6, 6.07) is 0.705. The molecule has 0 amide bonds. The zero-order chi connectivity index (χ0) is 13.8. The lowest BCUT2D eigenvalue weighted by Crippen LogP contribution is -2.58. The number of rotatable bonds is 5. The van der Waals surface area contributed by atoms with E-state index in [0.29, 0.717) is 12.1 Å². The van der Waals surface area contributed by atoms with Gasteiger partial charge in [-0.15, -0.1) is 0 Å². The van der Waals surface area contributed by atoms with Gasteiger partial charge in [0, 0.05) is 25.2 Å². The van der Waals surface area contributed by atoms with Crippen LogP contribution < -0.4 is 5.73 Å². The van der Waals surface area contributed by atoms with Gasteiger partial charge in [0.15, 0.2) is 0 Å². The van der Waals surface area contributed by atoms with Gasteiger partial charge in [-0.2, -0.15) is 0 Å². The van der Waals surface area contributed by atoms with Gasteiger partial charge in [-0.05, 0) is 38.1 Å². The van der Waals surface area contributed by atoms with Crippen LogP contribution >= 0.6 is 0 Å². The van der Waals surface area contributed by atoms with E-state index >= 15 is 0 Å². The van der Waals surface area contributed by atoms with Crippen molar-refractivity contribution in [3.63, 3.8) is 0 Å². The molecule has 0 aromatic heterocycles. The smallest absolute Gasteiger partial charge is 0.0702 e. The van der Waals surface area contributed by atoms with E-state index in [1.165, 1.54) is 19.4 Å². The van der Waals surface area contributed by atoms with Gasteiger partial charge in [-0.3, -0.25) is 4.90 Å². The lowest BCUT2D eigenvalue weighted by Gasteiger charge is -2.46. The van der Waals surface area contributed by atoms with Gasteiger partial charge < -0.3 is 10.5 Å². The van der Waals surface area contributed by atoms with Gasteiger partial charge in [-0.1, -0.05) is 27.7 Å². The first-order valence-corrected chi connectivity index (χ1v) is 7.51. The molecule has 1 aliphatic rings. The molecule has 0 aromatic rings. The van der Waals surface area contributed by atoms with Crippen LogP contribution in [0.5, 0.6) is 0 Å². The number of hydrogen-bond acceptors (Lipinski definition) is 3. The highest BCUT2D eigenvalue weighted by atomic mass is 16.5. The number of hydrogen-bond donors (Lipinski definition) is 1. The van der Waals surface area contributed by atoms with Crippen molar-refractivity contribution in [2.45, 2.75) is 72.1 Å². The normalized spacial score (nSPS) is 26.0. The molecule has 3 heteroatoms. The Morgan fingerprint density at radius 2 is 2.00 bits per heavy atom. The van der Waals surface area contributed by atoms with Crippen LogP contribution in [-0.4, -0.2) is 42.8 Å². The van der Waals surface area contributed by atoms with E-state index in [1.807, 2.05) is 0 Å². The molecule has 0 bridgehead atoms. The second-order valence-electron chi connectivity index (χ2n) is 6.60. The third-order valence-electron chi connectivity index (χ3n) is 3.97. The third-order valence-corrected chi connectivity index (χ3v) is 3.97. The molecular formula is C15H32N2O. The summed E-state index contributed by atoms with van der Waals surface area (Å²) in [4.78, 5) is 2.57. The molecule has 0 aromatic carbocycles. The zero-order valence-electron chi connectivity index (χ0n) is 12.9. The maximum absolute atomic E-state index is 6.37. The molecule has 3 unspecified atom stereocenters. The first-order valence-electron chi connectivity index (χ1n) is 7.51.